The van der Waals surface area contributed by atoms with Gasteiger partial charge in [0.1, 0.15) is 6.17 Å². The lowest BCUT2D eigenvalue weighted by Crippen LogP contribution is -2.46. The molecule has 13 heavy (non-hydrogen) atoms. The van der Waals surface area contributed by atoms with Gasteiger partial charge in [0.15, 0.2) is 0 Å². The zero-order valence-electron chi connectivity index (χ0n) is 7.80. The summed E-state index contributed by atoms with van der Waals surface area (Å²) in [6.45, 7) is 0.718. The molecule has 0 amide bonds. The van der Waals surface area contributed by atoms with Crippen molar-refractivity contribution >= 4 is 0 Å². The van der Waals surface area contributed by atoms with Gasteiger partial charge < -0.3 is 5.11 Å². The zero-order valence-corrected chi connectivity index (χ0v) is 7.80. The van der Waals surface area contributed by atoms with Crippen LogP contribution in [-0.2, 0) is 0 Å². The number of halogens is 1. The predicted molar refractivity (Wildman–Crippen MR) is 47.2 cm³/mol. The van der Waals surface area contributed by atoms with Crippen LogP contribution in [-0.4, -0.2) is 40.4 Å². The molecule has 2 aliphatic heterocycles. The molecular weight excluding hydrogens is 169 g/mol. The maximum atomic E-state index is 13.3. The molecule has 1 unspecified atom stereocenters. The van der Waals surface area contributed by atoms with Crippen LogP contribution in [0.1, 0.15) is 32.1 Å². The van der Waals surface area contributed by atoms with Crippen LogP contribution in [0.4, 0.5) is 4.39 Å². The fourth-order valence-corrected chi connectivity index (χ4v) is 3.41. The van der Waals surface area contributed by atoms with Crippen LogP contribution in [0.5, 0.6) is 0 Å². The molecule has 0 bridgehead atoms. The first-order chi connectivity index (χ1) is 6.21. The van der Waals surface area contributed by atoms with Crippen molar-refractivity contribution in [1.29, 1.82) is 0 Å². The predicted octanol–water partition coefficient (Wildman–Crippen LogP) is 1.09. The van der Waals surface area contributed by atoms with Crippen LogP contribution < -0.4 is 0 Å². The van der Waals surface area contributed by atoms with Crippen LogP contribution >= 0.6 is 0 Å². The lowest BCUT2D eigenvalue weighted by Gasteiger charge is -2.33. The molecular formula is C10H16FNO. The number of rotatable bonds is 1. The molecule has 0 aromatic heterocycles. The highest BCUT2D eigenvalue weighted by molar-refractivity contribution is 5.19. The van der Waals surface area contributed by atoms with Gasteiger partial charge in [-0.3, -0.25) is 4.90 Å². The third kappa shape index (κ3) is 0.895. The van der Waals surface area contributed by atoms with Crippen molar-refractivity contribution in [3.8, 4) is 0 Å². The second-order valence-electron chi connectivity index (χ2n) is 5.02. The first-order valence-corrected chi connectivity index (χ1v) is 5.24. The van der Waals surface area contributed by atoms with Gasteiger partial charge in [-0.1, -0.05) is 0 Å². The SMILES string of the molecule is OCC12CCC3(CC3)N1C[C@@H](F)C2. The minimum Gasteiger partial charge on any atom is -0.394 e. The fraction of sp³-hybridized carbons (Fsp3) is 1.00. The minimum absolute atomic E-state index is 0.148. The van der Waals surface area contributed by atoms with E-state index < -0.39 is 6.17 Å². The van der Waals surface area contributed by atoms with Gasteiger partial charge >= 0.3 is 0 Å². The number of alkyl halides is 1. The third-order valence-corrected chi connectivity index (χ3v) is 4.30. The Labute approximate surface area is 77.7 Å². The van der Waals surface area contributed by atoms with Gasteiger partial charge in [-0.15, -0.1) is 0 Å². The second kappa shape index (κ2) is 2.26. The molecule has 3 aliphatic rings. The third-order valence-electron chi connectivity index (χ3n) is 4.30. The Morgan fingerprint density at radius 2 is 2.00 bits per heavy atom. The van der Waals surface area contributed by atoms with Gasteiger partial charge in [0.05, 0.1) is 6.61 Å². The highest BCUT2D eigenvalue weighted by atomic mass is 19.1. The van der Waals surface area contributed by atoms with Crippen molar-refractivity contribution in [2.24, 2.45) is 0 Å². The standard InChI is InChI=1S/C10H16FNO/c11-8-5-10(7-13)4-3-9(1-2-9)12(10)6-8/h8,13H,1-7H2/t8-,10?/m0/s1. The van der Waals surface area contributed by atoms with Crippen LogP contribution in [0.2, 0.25) is 0 Å². The Balaban J connectivity index is 1.93. The molecule has 1 spiro atoms. The lowest BCUT2D eigenvalue weighted by molar-refractivity contribution is 0.0707. The van der Waals surface area contributed by atoms with E-state index in [1.54, 1.807) is 0 Å². The van der Waals surface area contributed by atoms with E-state index in [4.69, 9.17) is 0 Å². The van der Waals surface area contributed by atoms with Crippen molar-refractivity contribution in [2.75, 3.05) is 13.2 Å². The molecule has 3 fully saturated rings. The summed E-state index contributed by atoms with van der Waals surface area (Å²) in [6, 6.07) is 0. The highest BCUT2D eigenvalue weighted by Crippen LogP contribution is 2.58. The molecule has 1 N–H and O–H groups in total. The monoisotopic (exact) mass is 185 g/mol. The van der Waals surface area contributed by atoms with Crippen LogP contribution in [0, 0.1) is 0 Å². The summed E-state index contributed by atoms with van der Waals surface area (Å²) in [5.74, 6) is 0. The summed E-state index contributed by atoms with van der Waals surface area (Å²) >= 11 is 0. The number of aliphatic hydroxyl groups excluding tert-OH is 1. The zero-order chi connectivity index (χ0) is 9.10. The summed E-state index contributed by atoms with van der Waals surface area (Å²) < 4.78 is 13.3. The van der Waals surface area contributed by atoms with Crippen LogP contribution in [0.15, 0.2) is 0 Å². The Morgan fingerprint density at radius 3 is 2.62 bits per heavy atom. The van der Waals surface area contributed by atoms with E-state index in [0.717, 1.165) is 6.42 Å². The maximum absolute atomic E-state index is 13.3. The number of nitrogens with zero attached hydrogens (tertiary/aromatic N) is 1. The van der Waals surface area contributed by atoms with Crippen molar-refractivity contribution in [2.45, 2.75) is 49.4 Å². The minimum atomic E-state index is -0.704. The van der Waals surface area contributed by atoms with Crippen molar-refractivity contribution < 1.29 is 9.50 Å². The van der Waals surface area contributed by atoms with Crippen LogP contribution in [0.3, 0.4) is 0 Å². The summed E-state index contributed by atoms with van der Waals surface area (Å²) in [4.78, 5) is 2.28. The Bertz CT molecular complexity index is 241. The van der Waals surface area contributed by atoms with E-state index >= 15 is 0 Å². The summed E-state index contributed by atoms with van der Waals surface area (Å²) in [5.41, 5.74) is 0.152. The van der Waals surface area contributed by atoms with Gasteiger partial charge in [-0.25, -0.2) is 4.39 Å². The second-order valence-corrected chi connectivity index (χ2v) is 5.02. The number of hydrogen-bond acceptors (Lipinski definition) is 2. The van der Waals surface area contributed by atoms with E-state index in [1.165, 1.54) is 19.3 Å². The topological polar surface area (TPSA) is 23.5 Å². The molecule has 2 atom stereocenters. The first kappa shape index (κ1) is 8.18. The first-order valence-electron chi connectivity index (χ1n) is 5.24. The average molecular weight is 185 g/mol. The fourth-order valence-electron chi connectivity index (χ4n) is 3.41. The molecule has 3 rings (SSSR count). The molecule has 0 aromatic rings. The van der Waals surface area contributed by atoms with Crippen molar-refractivity contribution in [3.63, 3.8) is 0 Å². The smallest absolute Gasteiger partial charge is 0.115 e. The lowest BCUT2D eigenvalue weighted by atomic mass is 9.95. The number of aliphatic hydroxyl groups is 1. The Hall–Kier alpha value is -0.150. The molecule has 74 valence electrons. The average Bonchev–Trinajstić information content (AvgIpc) is 2.75. The maximum Gasteiger partial charge on any atom is 0.115 e. The Morgan fingerprint density at radius 1 is 1.31 bits per heavy atom. The quantitative estimate of drug-likeness (QED) is 0.661. The van der Waals surface area contributed by atoms with Crippen molar-refractivity contribution in [3.05, 3.63) is 0 Å². The summed E-state index contributed by atoms with van der Waals surface area (Å²) in [6.07, 6.45) is 4.49. The van der Waals surface area contributed by atoms with E-state index in [9.17, 15) is 9.50 Å². The van der Waals surface area contributed by atoms with Crippen molar-refractivity contribution in [1.82, 2.24) is 4.90 Å². The molecule has 1 aliphatic carbocycles. The van der Waals surface area contributed by atoms with Gasteiger partial charge in [0.2, 0.25) is 0 Å². The number of hydrogen-bond donors (Lipinski definition) is 1. The molecule has 0 radical (unpaired) electrons. The van der Waals surface area contributed by atoms with Gasteiger partial charge in [-0.2, -0.15) is 0 Å². The summed E-state index contributed by atoms with van der Waals surface area (Å²) in [5, 5.41) is 9.40. The van der Waals surface area contributed by atoms with E-state index in [-0.39, 0.29) is 12.1 Å². The molecule has 1 saturated carbocycles. The van der Waals surface area contributed by atoms with E-state index in [1.807, 2.05) is 0 Å². The van der Waals surface area contributed by atoms with Gasteiger partial charge in [0.25, 0.3) is 0 Å². The van der Waals surface area contributed by atoms with Gasteiger partial charge in [-0.05, 0) is 25.7 Å². The molecule has 2 saturated heterocycles. The Kier molecular flexibility index (Phi) is 1.42. The van der Waals surface area contributed by atoms with Gasteiger partial charge in [0, 0.05) is 24.0 Å². The largest absolute Gasteiger partial charge is 0.394 e. The van der Waals surface area contributed by atoms with E-state index in [0.29, 0.717) is 18.5 Å². The number of fused-ring (bicyclic) bond motifs is 2. The van der Waals surface area contributed by atoms with E-state index in [2.05, 4.69) is 4.90 Å². The molecule has 3 heteroatoms. The molecule has 2 heterocycles. The van der Waals surface area contributed by atoms with Crippen LogP contribution in [0.25, 0.3) is 0 Å². The summed E-state index contributed by atoms with van der Waals surface area (Å²) in [7, 11) is 0. The molecule has 0 aromatic carbocycles. The molecule has 2 nitrogen and oxygen atoms in total. The normalized spacial score (nSPS) is 47.1. The highest BCUT2D eigenvalue weighted by Gasteiger charge is 2.63.